The van der Waals surface area contributed by atoms with Gasteiger partial charge in [-0.1, -0.05) is 25.1 Å². The summed E-state index contributed by atoms with van der Waals surface area (Å²) >= 11 is 0. The van der Waals surface area contributed by atoms with E-state index in [1.54, 1.807) is 0 Å². The van der Waals surface area contributed by atoms with Crippen molar-refractivity contribution in [3.63, 3.8) is 0 Å². The van der Waals surface area contributed by atoms with Crippen LogP contribution in [0.1, 0.15) is 18.1 Å². The Morgan fingerprint density at radius 1 is 1.27 bits per heavy atom. The van der Waals surface area contributed by atoms with Gasteiger partial charge in [0.15, 0.2) is 0 Å². The first-order chi connectivity index (χ1) is 7.04. The Labute approximate surface area is 91.5 Å². The smallest absolute Gasteiger partial charge is 0.423 e. The van der Waals surface area contributed by atoms with Crippen molar-refractivity contribution in [2.75, 3.05) is 14.1 Å². The Bertz CT molecular complexity index is 326. The van der Waals surface area contributed by atoms with E-state index < -0.39 is 7.12 Å². The maximum absolute atomic E-state index is 9.27. The van der Waals surface area contributed by atoms with Crippen LogP contribution < -0.4 is 5.46 Å². The second-order valence-electron chi connectivity index (χ2n) is 4.00. The van der Waals surface area contributed by atoms with Crippen molar-refractivity contribution in [3.05, 3.63) is 29.3 Å². The quantitative estimate of drug-likeness (QED) is 0.682. The fourth-order valence-corrected chi connectivity index (χ4v) is 1.59. The van der Waals surface area contributed by atoms with Gasteiger partial charge in [0.1, 0.15) is 0 Å². The van der Waals surface area contributed by atoms with Gasteiger partial charge >= 0.3 is 7.12 Å². The predicted octanol–water partition coefficient (Wildman–Crippen LogP) is -0.00960. The van der Waals surface area contributed by atoms with Gasteiger partial charge in [0, 0.05) is 6.54 Å². The molecule has 1 rings (SSSR count). The molecule has 0 radical (unpaired) electrons. The fraction of sp³-hybridized carbons (Fsp3) is 0.455. The molecular weight excluding hydrogens is 189 g/mol. The van der Waals surface area contributed by atoms with E-state index in [0.29, 0.717) is 5.46 Å². The Kier molecular flexibility index (Phi) is 4.33. The first-order valence-electron chi connectivity index (χ1n) is 5.17. The fourth-order valence-electron chi connectivity index (χ4n) is 1.59. The zero-order chi connectivity index (χ0) is 11.4. The van der Waals surface area contributed by atoms with Crippen LogP contribution in [0, 0.1) is 0 Å². The molecule has 0 amide bonds. The van der Waals surface area contributed by atoms with Crippen molar-refractivity contribution >= 4 is 12.6 Å². The van der Waals surface area contributed by atoms with Gasteiger partial charge in [-0.2, -0.15) is 0 Å². The van der Waals surface area contributed by atoms with Crippen molar-refractivity contribution < 1.29 is 10.0 Å². The molecule has 82 valence electrons. The van der Waals surface area contributed by atoms with Gasteiger partial charge in [-0.25, -0.2) is 0 Å². The SMILES string of the molecule is CCc1ccc(CN(C)C)c(B(O)O)c1. The second kappa shape index (κ2) is 5.30. The molecule has 0 bridgehead atoms. The minimum Gasteiger partial charge on any atom is -0.423 e. The molecule has 0 atom stereocenters. The highest BCUT2D eigenvalue weighted by atomic mass is 16.4. The molecule has 0 fully saturated rings. The zero-order valence-corrected chi connectivity index (χ0v) is 9.57. The summed E-state index contributed by atoms with van der Waals surface area (Å²) in [4.78, 5) is 2.01. The molecule has 1 aromatic rings. The number of hydrogen-bond donors (Lipinski definition) is 2. The molecule has 4 heteroatoms. The van der Waals surface area contributed by atoms with E-state index in [9.17, 15) is 10.0 Å². The highest BCUT2D eigenvalue weighted by molar-refractivity contribution is 6.59. The molecule has 0 aromatic heterocycles. The van der Waals surface area contributed by atoms with Gasteiger partial charge in [0.2, 0.25) is 0 Å². The van der Waals surface area contributed by atoms with Gasteiger partial charge in [-0.3, -0.25) is 0 Å². The minimum atomic E-state index is -1.38. The van der Waals surface area contributed by atoms with Crippen LogP contribution in [0.3, 0.4) is 0 Å². The molecule has 0 saturated heterocycles. The monoisotopic (exact) mass is 207 g/mol. The molecule has 2 N–H and O–H groups in total. The third-order valence-corrected chi connectivity index (χ3v) is 2.38. The lowest BCUT2D eigenvalue weighted by atomic mass is 9.76. The van der Waals surface area contributed by atoms with Crippen molar-refractivity contribution in [1.82, 2.24) is 4.90 Å². The van der Waals surface area contributed by atoms with E-state index in [-0.39, 0.29) is 0 Å². The average Bonchev–Trinajstić information content (AvgIpc) is 2.17. The third-order valence-electron chi connectivity index (χ3n) is 2.38. The van der Waals surface area contributed by atoms with Gasteiger partial charge in [-0.15, -0.1) is 0 Å². The normalized spacial score (nSPS) is 10.8. The van der Waals surface area contributed by atoms with Crippen molar-refractivity contribution in [2.24, 2.45) is 0 Å². The summed E-state index contributed by atoms with van der Waals surface area (Å²) in [6.07, 6.45) is 0.905. The van der Waals surface area contributed by atoms with Crippen LogP contribution in [0.15, 0.2) is 18.2 Å². The molecule has 1 aromatic carbocycles. The van der Waals surface area contributed by atoms with Crippen LogP contribution >= 0.6 is 0 Å². The highest BCUT2D eigenvalue weighted by Gasteiger charge is 2.16. The lowest BCUT2D eigenvalue weighted by molar-refractivity contribution is 0.399. The van der Waals surface area contributed by atoms with Gasteiger partial charge in [-0.05, 0) is 37.1 Å². The maximum Gasteiger partial charge on any atom is 0.488 e. The largest absolute Gasteiger partial charge is 0.488 e. The molecule has 0 unspecified atom stereocenters. The van der Waals surface area contributed by atoms with Crippen LogP contribution in [0.25, 0.3) is 0 Å². The predicted molar refractivity (Wildman–Crippen MR) is 63.0 cm³/mol. The molecule has 0 heterocycles. The van der Waals surface area contributed by atoms with E-state index in [4.69, 9.17) is 0 Å². The van der Waals surface area contributed by atoms with Crippen LogP contribution in [0.4, 0.5) is 0 Å². The molecule has 0 spiro atoms. The lowest BCUT2D eigenvalue weighted by Crippen LogP contribution is -2.35. The van der Waals surface area contributed by atoms with Crippen molar-refractivity contribution in [3.8, 4) is 0 Å². The molecule has 0 saturated carbocycles. The summed E-state index contributed by atoms with van der Waals surface area (Å²) in [6, 6.07) is 5.86. The molecular formula is C11H18BNO2. The van der Waals surface area contributed by atoms with E-state index in [2.05, 4.69) is 6.92 Å². The highest BCUT2D eigenvalue weighted by Crippen LogP contribution is 2.05. The van der Waals surface area contributed by atoms with E-state index in [1.807, 2.05) is 37.2 Å². The maximum atomic E-state index is 9.27. The first kappa shape index (κ1) is 12.2. The standard InChI is InChI=1S/C11H18BNO2/c1-4-9-5-6-10(8-13(2)3)11(7-9)12(14)15/h5-7,14-15H,4,8H2,1-3H3. The van der Waals surface area contributed by atoms with Crippen LogP contribution in [-0.4, -0.2) is 36.2 Å². The summed E-state index contributed by atoms with van der Waals surface area (Å²) in [5, 5.41) is 18.5. The van der Waals surface area contributed by atoms with Crippen LogP contribution in [0.2, 0.25) is 0 Å². The van der Waals surface area contributed by atoms with E-state index in [0.717, 1.165) is 24.1 Å². The minimum absolute atomic E-state index is 0.614. The molecule has 0 aliphatic heterocycles. The Morgan fingerprint density at radius 3 is 2.40 bits per heavy atom. The summed E-state index contributed by atoms with van der Waals surface area (Å²) < 4.78 is 0. The molecule has 15 heavy (non-hydrogen) atoms. The summed E-state index contributed by atoms with van der Waals surface area (Å²) in [7, 11) is 2.54. The zero-order valence-electron chi connectivity index (χ0n) is 9.57. The molecule has 3 nitrogen and oxygen atoms in total. The number of hydrogen-bond acceptors (Lipinski definition) is 3. The summed E-state index contributed by atoms with van der Waals surface area (Å²) in [5.41, 5.74) is 2.70. The summed E-state index contributed by atoms with van der Waals surface area (Å²) in [5.74, 6) is 0. The van der Waals surface area contributed by atoms with Crippen LogP contribution in [-0.2, 0) is 13.0 Å². The number of nitrogens with zero attached hydrogens (tertiary/aromatic N) is 1. The number of rotatable bonds is 4. The Morgan fingerprint density at radius 2 is 1.93 bits per heavy atom. The molecule has 0 aliphatic rings. The van der Waals surface area contributed by atoms with Crippen LogP contribution in [0.5, 0.6) is 0 Å². The van der Waals surface area contributed by atoms with Gasteiger partial charge in [0.05, 0.1) is 0 Å². The number of benzene rings is 1. The van der Waals surface area contributed by atoms with E-state index in [1.165, 1.54) is 0 Å². The summed E-state index contributed by atoms with van der Waals surface area (Å²) in [6.45, 7) is 2.77. The Balaban J connectivity index is 3.03. The Hall–Kier alpha value is -0.835. The van der Waals surface area contributed by atoms with Crippen molar-refractivity contribution in [2.45, 2.75) is 19.9 Å². The average molecular weight is 207 g/mol. The first-order valence-corrected chi connectivity index (χ1v) is 5.17. The van der Waals surface area contributed by atoms with Gasteiger partial charge < -0.3 is 14.9 Å². The number of aryl methyl sites for hydroxylation is 1. The second-order valence-corrected chi connectivity index (χ2v) is 4.00. The molecule has 0 aliphatic carbocycles. The van der Waals surface area contributed by atoms with E-state index >= 15 is 0 Å². The van der Waals surface area contributed by atoms with Gasteiger partial charge in [0.25, 0.3) is 0 Å². The topological polar surface area (TPSA) is 43.7 Å². The third kappa shape index (κ3) is 3.34. The van der Waals surface area contributed by atoms with Crippen molar-refractivity contribution in [1.29, 1.82) is 0 Å². The lowest BCUT2D eigenvalue weighted by Gasteiger charge is -2.14.